The summed E-state index contributed by atoms with van der Waals surface area (Å²) in [5.74, 6) is 2.74. The van der Waals surface area contributed by atoms with Crippen LogP contribution in [0.5, 0.6) is 11.5 Å². The summed E-state index contributed by atoms with van der Waals surface area (Å²) in [5.41, 5.74) is 2.68. The van der Waals surface area contributed by atoms with Crippen molar-refractivity contribution in [1.82, 2.24) is 9.80 Å². The van der Waals surface area contributed by atoms with Crippen molar-refractivity contribution in [1.29, 1.82) is 0 Å². The lowest BCUT2D eigenvalue weighted by molar-refractivity contribution is 0.153. The fourth-order valence-corrected chi connectivity index (χ4v) is 4.20. The van der Waals surface area contributed by atoms with Crippen molar-refractivity contribution in [2.75, 3.05) is 46.9 Å². The van der Waals surface area contributed by atoms with E-state index in [0.717, 1.165) is 50.1 Å². The first-order chi connectivity index (χ1) is 14.2. The average Bonchev–Trinajstić information content (AvgIpc) is 2.75. The fraction of sp³-hybridized carbons (Fsp3) is 0.520. The first-order valence-electron chi connectivity index (χ1n) is 10.9. The van der Waals surface area contributed by atoms with E-state index in [4.69, 9.17) is 9.47 Å². The van der Waals surface area contributed by atoms with Gasteiger partial charge in [-0.1, -0.05) is 30.3 Å². The van der Waals surface area contributed by atoms with Gasteiger partial charge in [0.15, 0.2) is 0 Å². The van der Waals surface area contributed by atoms with E-state index in [2.05, 4.69) is 65.4 Å². The molecule has 0 bridgehead atoms. The van der Waals surface area contributed by atoms with E-state index in [1.807, 2.05) is 6.92 Å². The Hall–Kier alpha value is -2.04. The molecule has 1 heterocycles. The molecule has 0 radical (unpaired) electrons. The van der Waals surface area contributed by atoms with E-state index in [1.165, 1.54) is 37.1 Å². The summed E-state index contributed by atoms with van der Waals surface area (Å²) in [6, 6.07) is 16.9. The number of nitrogens with zero attached hydrogens (tertiary/aromatic N) is 2. The van der Waals surface area contributed by atoms with E-state index in [1.54, 1.807) is 7.11 Å². The fourth-order valence-electron chi connectivity index (χ4n) is 4.20. The number of piperidine rings is 1. The van der Waals surface area contributed by atoms with Crippen LogP contribution in [0, 0.1) is 5.92 Å². The van der Waals surface area contributed by atoms with E-state index < -0.39 is 0 Å². The molecule has 3 rings (SSSR count). The zero-order valence-corrected chi connectivity index (χ0v) is 18.3. The van der Waals surface area contributed by atoms with Crippen molar-refractivity contribution in [3.8, 4) is 11.5 Å². The molecule has 1 aliphatic heterocycles. The Labute approximate surface area is 176 Å². The molecule has 1 saturated heterocycles. The van der Waals surface area contributed by atoms with Crippen LogP contribution in [0.3, 0.4) is 0 Å². The van der Waals surface area contributed by atoms with E-state index in [9.17, 15) is 0 Å². The lowest BCUT2D eigenvalue weighted by atomic mass is 9.95. The first kappa shape index (κ1) is 21.7. The van der Waals surface area contributed by atoms with Crippen molar-refractivity contribution in [3.63, 3.8) is 0 Å². The molecule has 0 amide bonds. The predicted octanol–water partition coefficient (Wildman–Crippen LogP) is 4.48. The maximum absolute atomic E-state index is 5.78. The smallest absolute Gasteiger partial charge is 0.123 e. The van der Waals surface area contributed by atoms with Crippen LogP contribution >= 0.6 is 0 Å². The van der Waals surface area contributed by atoms with E-state index in [-0.39, 0.29) is 0 Å². The van der Waals surface area contributed by atoms with Gasteiger partial charge in [-0.2, -0.15) is 0 Å². The van der Waals surface area contributed by atoms with Gasteiger partial charge in [0, 0.05) is 25.2 Å². The van der Waals surface area contributed by atoms with Gasteiger partial charge < -0.3 is 19.3 Å². The second-order valence-electron chi connectivity index (χ2n) is 8.12. The number of ether oxygens (including phenoxy) is 2. The maximum Gasteiger partial charge on any atom is 0.123 e. The minimum absolute atomic E-state index is 0.718. The zero-order chi connectivity index (χ0) is 20.5. The lowest BCUT2D eigenvalue weighted by Crippen LogP contribution is -2.38. The molecule has 2 aromatic carbocycles. The number of hydrogen-bond acceptors (Lipinski definition) is 4. The van der Waals surface area contributed by atoms with Gasteiger partial charge >= 0.3 is 0 Å². The third-order valence-electron chi connectivity index (χ3n) is 5.87. The molecule has 4 nitrogen and oxygen atoms in total. The second-order valence-corrected chi connectivity index (χ2v) is 8.12. The van der Waals surface area contributed by atoms with Crippen LogP contribution in [0.15, 0.2) is 48.5 Å². The minimum atomic E-state index is 0.718. The quantitative estimate of drug-likeness (QED) is 0.591. The SMILES string of the molecule is CCOc1ccccc1CN(C)CC1CCN(CCc2ccc(OC)cc2)CC1. The van der Waals surface area contributed by atoms with Crippen molar-refractivity contribution >= 4 is 0 Å². The molecule has 1 fully saturated rings. The summed E-state index contributed by atoms with van der Waals surface area (Å²) in [7, 11) is 3.95. The summed E-state index contributed by atoms with van der Waals surface area (Å²) < 4.78 is 11.0. The third-order valence-corrected chi connectivity index (χ3v) is 5.87. The predicted molar refractivity (Wildman–Crippen MR) is 120 cm³/mol. The second kappa shape index (κ2) is 11.2. The molecule has 0 N–H and O–H groups in total. The summed E-state index contributed by atoms with van der Waals surface area (Å²) in [6.07, 6.45) is 3.70. The summed E-state index contributed by atoms with van der Waals surface area (Å²) in [4.78, 5) is 5.07. The molecule has 0 atom stereocenters. The van der Waals surface area contributed by atoms with Crippen LogP contribution in [0.2, 0.25) is 0 Å². The highest BCUT2D eigenvalue weighted by atomic mass is 16.5. The summed E-state index contributed by atoms with van der Waals surface area (Å²) in [6.45, 7) is 8.45. The van der Waals surface area contributed by atoms with Gasteiger partial charge in [-0.15, -0.1) is 0 Å². The van der Waals surface area contributed by atoms with Crippen molar-refractivity contribution < 1.29 is 9.47 Å². The van der Waals surface area contributed by atoms with Gasteiger partial charge in [0.2, 0.25) is 0 Å². The largest absolute Gasteiger partial charge is 0.497 e. The zero-order valence-electron chi connectivity index (χ0n) is 18.3. The summed E-state index contributed by atoms with van der Waals surface area (Å²) >= 11 is 0. The molecule has 0 spiro atoms. The van der Waals surface area contributed by atoms with Crippen molar-refractivity contribution in [2.45, 2.75) is 32.7 Å². The first-order valence-corrected chi connectivity index (χ1v) is 10.9. The number of hydrogen-bond donors (Lipinski definition) is 0. The van der Waals surface area contributed by atoms with Crippen LogP contribution in [0.25, 0.3) is 0 Å². The Kier molecular flexibility index (Phi) is 8.38. The molecule has 158 valence electrons. The van der Waals surface area contributed by atoms with Crippen molar-refractivity contribution in [2.24, 2.45) is 5.92 Å². The third kappa shape index (κ3) is 6.76. The number of rotatable bonds is 10. The van der Waals surface area contributed by atoms with Crippen LogP contribution in [-0.4, -0.2) is 56.7 Å². The molecule has 0 aliphatic carbocycles. The van der Waals surface area contributed by atoms with E-state index >= 15 is 0 Å². The highest BCUT2D eigenvalue weighted by Gasteiger charge is 2.20. The molecule has 0 aromatic heterocycles. The Balaban J connectivity index is 1.39. The van der Waals surface area contributed by atoms with Crippen LogP contribution < -0.4 is 9.47 Å². The molecular formula is C25H36N2O2. The van der Waals surface area contributed by atoms with Gasteiger partial charge in [0.25, 0.3) is 0 Å². The normalized spacial score (nSPS) is 15.6. The molecular weight excluding hydrogens is 360 g/mol. The molecule has 1 aliphatic rings. The molecule has 2 aromatic rings. The standard InChI is InChI=1S/C25H36N2O2/c1-4-29-25-8-6-5-7-23(25)20-26(2)19-22-14-17-27(18-15-22)16-13-21-9-11-24(28-3)12-10-21/h5-12,22H,4,13-20H2,1-3H3. The Morgan fingerprint density at radius 3 is 2.45 bits per heavy atom. The van der Waals surface area contributed by atoms with Gasteiger partial charge in [0.1, 0.15) is 11.5 Å². The molecule has 4 heteroatoms. The van der Waals surface area contributed by atoms with Crippen LogP contribution in [-0.2, 0) is 13.0 Å². The highest BCUT2D eigenvalue weighted by Crippen LogP contribution is 2.23. The lowest BCUT2D eigenvalue weighted by Gasteiger charge is -2.34. The van der Waals surface area contributed by atoms with Gasteiger partial charge in [0.05, 0.1) is 13.7 Å². The minimum Gasteiger partial charge on any atom is -0.497 e. The number of para-hydroxylation sites is 1. The Morgan fingerprint density at radius 2 is 1.76 bits per heavy atom. The van der Waals surface area contributed by atoms with Gasteiger partial charge in [-0.05, 0) is 76.0 Å². The van der Waals surface area contributed by atoms with Gasteiger partial charge in [-0.25, -0.2) is 0 Å². The molecule has 0 saturated carbocycles. The average molecular weight is 397 g/mol. The molecule has 0 unspecified atom stereocenters. The van der Waals surface area contributed by atoms with E-state index in [0.29, 0.717) is 0 Å². The monoisotopic (exact) mass is 396 g/mol. The topological polar surface area (TPSA) is 24.9 Å². The van der Waals surface area contributed by atoms with Crippen LogP contribution in [0.4, 0.5) is 0 Å². The van der Waals surface area contributed by atoms with Crippen LogP contribution in [0.1, 0.15) is 30.9 Å². The number of benzene rings is 2. The molecule has 29 heavy (non-hydrogen) atoms. The Morgan fingerprint density at radius 1 is 1.03 bits per heavy atom. The maximum atomic E-state index is 5.78. The number of methoxy groups -OCH3 is 1. The van der Waals surface area contributed by atoms with Crippen molar-refractivity contribution in [3.05, 3.63) is 59.7 Å². The number of likely N-dealkylation sites (tertiary alicyclic amines) is 1. The summed E-state index contributed by atoms with van der Waals surface area (Å²) in [5, 5.41) is 0. The van der Waals surface area contributed by atoms with Gasteiger partial charge in [-0.3, -0.25) is 0 Å². The Bertz CT molecular complexity index is 724. The highest BCUT2D eigenvalue weighted by molar-refractivity contribution is 5.33.